The highest BCUT2D eigenvalue weighted by molar-refractivity contribution is 7.99. The number of halogens is 1. The smallest absolute Gasteiger partial charge is 0.277 e. The lowest BCUT2D eigenvalue weighted by Gasteiger charge is -2.04. The summed E-state index contributed by atoms with van der Waals surface area (Å²) < 4.78 is 29.6. The van der Waals surface area contributed by atoms with Crippen LogP contribution in [-0.2, 0) is 4.79 Å². The van der Waals surface area contributed by atoms with E-state index in [2.05, 4.69) is 15.5 Å². The number of aromatic nitrogens is 2. The normalized spacial score (nSPS) is 12.2. The second kappa shape index (κ2) is 7.04. The van der Waals surface area contributed by atoms with Crippen LogP contribution >= 0.6 is 11.8 Å². The molecule has 0 atom stereocenters. The molecule has 2 heterocycles. The summed E-state index contributed by atoms with van der Waals surface area (Å²) in [6, 6.07) is 11.2. The molecule has 0 spiro atoms. The van der Waals surface area contributed by atoms with Gasteiger partial charge in [0.05, 0.1) is 11.4 Å². The van der Waals surface area contributed by atoms with Gasteiger partial charge in [-0.2, -0.15) is 0 Å². The maximum atomic E-state index is 13.5. The lowest BCUT2D eigenvalue weighted by atomic mass is 10.2. The third-order valence-corrected chi connectivity index (χ3v) is 4.32. The Morgan fingerprint density at radius 2 is 2.00 bits per heavy atom. The van der Waals surface area contributed by atoms with Crippen molar-refractivity contribution < 1.29 is 23.1 Å². The van der Waals surface area contributed by atoms with Crippen LogP contribution in [0.2, 0.25) is 0 Å². The van der Waals surface area contributed by atoms with Crippen LogP contribution in [0.5, 0.6) is 11.5 Å². The molecule has 3 aromatic rings. The van der Waals surface area contributed by atoms with Crippen molar-refractivity contribution in [1.82, 2.24) is 10.2 Å². The molecule has 0 aliphatic carbocycles. The summed E-state index contributed by atoms with van der Waals surface area (Å²) in [6.45, 7) is 0.181. The molecule has 9 heteroatoms. The van der Waals surface area contributed by atoms with Crippen LogP contribution < -0.4 is 14.8 Å². The molecule has 1 aliphatic heterocycles. The van der Waals surface area contributed by atoms with Crippen molar-refractivity contribution in [3.8, 4) is 23.0 Å². The van der Waals surface area contributed by atoms with Gasteiger partial charge in [-0.1, -0.05) is 23.9 Å². The molecule has 0 bridgehead atoms. The van der Waals surface area contributed by atoms with Crippen LogP contribution in [-0.4, -0.2) is 28.7 Å². The topological polar surface area (TPSA) is 86.5 Å². The van der Waals surface area contributed by atoms with E-state index in [-0.39, 0.29) is 29.4 Å². The highest BCUT2D eigenvalue weighted by Gasteiger charge is 2.17. The summed E-state index contributed by atoms with van der Waals surface area (Å²) in [6.07, 6.45) is 0. The zero-order valence-corrected chi connectivity index (χ0v) is 14.1. The largest absolute Gasteiger partial charge is 0.454 e. The van der Waals surface area contributed by atoms with E-state index in [1.807, 2.05) is 0 Å². The van der Waals surface area contributed by atoms with Crippen molar-refractivity contribution in [3.63, 3.8) is 0 Å². The van der Waals surface area contributed by atoms with Gasteiger partial charge in [0.25, 0.3) is 5.22 Å². The SMILES string of the molecule is O=C(CSc1nnc(-c2ccc3c(c2)OCO3)o1)Nc1ccccc1F. The van der Waals surface area contributed by atoms with Gasteiger partial charge in [0, 0.05) is 5.56 Å². The first-order valence-corrected chi connectivity index (χ1v) is 8.58. The van der Waals surface area contributed by atoms with E-state index in [1.165, 1.54) is 12.1 Å². The Kier molecular flexibility index (Phi) is 4.44. The summed E-state index contributed by atoms with van der Waals surface area (Å²) in [7, 11) is 0. The standard InChI is InChI=1S/C17H12FN3O4S/c18-11-3-1-2-4-12(11)19-15(22)8-26-17-21-20-16(25-17)10-5-6-13-14(7-10)24-9-23-13/h1-7H,8-9H2,(H,19,22). The van der Waals surface area contributed by atoms with Crippen molar-refractivity contribution in [2.24, 2.45) is 0 Å². The Balaban J connectivity index is 1.38. The summed E-state index contributed by atoms with van der Waals surface area (Å²) in [5.74, 6) is 0.723. The van der Waals surface area contributed by atoms with Gasteiger partial charge in [0.15, 0.2) is 11.5 Å². The number of anilines is 1. The molecule has 132 valence electrons. The van der Waals surface area contributed by atoms with E-state index in [9.17, 15) is 9.18 Å². The average molecular weight is 373 g/mol. The molecular weight excluding hydrogens is 361 g/mol. The minimum absolute atomic E-state index is 0.0110. The number of carbonyl (C=O) groups excluding carboxylic acids is 1. The summed E-state index contributed by atoms with van der Waals surface area (Å²) in [5, 5.41) is 10.6. The van der Waals surface area contributed by atoms with Gasteiger partial charge in [-0.25, -0.2) is 4.39 Å². The van der Waals surface area contributed by atoms with Gasteiger partial charge in [0.2, 0.25) is 18.6 Å². The van der Waals surface area contributed by atoms with E-state index < -0.39 is 5.82 Å². The van der Waals surface area contributed by atoms with Gasteiger partial charge in [-0.05, 0) is 30.3 Å². The second-order valence-corrected chi connectivity index (χ2v) is 6.18. The number of fused-ring (bicyclic) bond motifs is 1. The fourth-order valence-corrected chi connectivity index (χ4v) is 2.85. The summed E-state index contributed by atoms with van der Waals surface area (Å²) >= 11 is 1.06. The predicted molar refractivity (Wildman–Crippen MR) is 91.6 cm³/mol. The molecular formula is C17H12FN3O4S. The molecule has 4 rings (SSSR count). The fraction of sp³-hybridized carbons (Fsp3) is 0.118. The number of thioether (sulfide) groups is 1. The molecule has 1 amide bonds. The molecule has 0 saturated heterocycles. The number of hydrogen-bond donors (Lipinski definition) is 1. The van der Waals surface area contributed by atoms with E-state index in [0.29, 0.717) is 23.0 Å². The Morgan fingerprint density at radius 3 is 2.88 bits per heavy atom. The fourth-order valence-electron chi connectivity index (χ4n) is 2.29. The summed E-state index contributed by atoms with van der Waals surface area (Å²) in [5.41, 5.74) is 0.814. The van der Waals surface area contributed by atoms with E-state index in [0.717, 1.165) is 11.8 Å². The van der Waals surface area contributed by atoms with Crippen LogP contribution in [0.3, 0.4) is 0 Å². The predicted octanol–water partition coefficient (Wildman–Crippen LogP) is 3.34. The molecule has 0 fully saturated rings. The van der Waals surface area contributed by atoms with Crippen LogP contribution in [0.25, 0.3) is 11.5 Å². The minimum Gasteiger partial charge on any atom is -0.454 e. The molecule has 7 nitrogen and oxygen atoms in total. The number of amides is 1. The molecule has 1 aliphatic rings. The van der Waals surface area contributed by atoms with Crippen molar-refractivity contribution >= 4 is 23.4 Å². The zero-order valence-electron chi connectivity index (χ0n) is 13.3. The van der Waals surface area contributed by atoms with Crippen molar-refractivity contribution in [1.29, 1.82) is 0 Å². The van der Waals surface area contributed by atoms with Gasteiger partial charge in [-0.15, -0.1) is 10.2 Å². The minimum atomic E-state index is -0.492. The first-order valence-electron chi connectivity index (χ1n) is 7.60. The molecule has 0 unspecified atom stereocenters. The molecule has 2 aromatic carbocycles. The molecule has 0 radical (unpaired) electrons. The van der Waals surface area contributed by atoms with E-state index in [1.54, 1.807) is 30.3 Å². The number of carbonyl (C=O) groups is 1. The highest BCUT2D eigenvalue weighted by Crippen LogP contribution is 2.36. The monoisotopic (exact) mass is 373 g/mol. The number of nitrogens with one attached hydrogen (secondary N) is 1. The maximum absolute atomic E-state index is 13.5. The number of ether oxygens (including phenoxy) is 2. The van der Waals surface area contributed by atoms with Crippen LogP contribution in [0.15, 0.2) is 52.1 Å². The Morgan fingerprint density at radius 1 is 1.15 bits per heavy atom. The van der Waals surface area contributed by atoms with Crippen molar-refractivity contribution in [2.75, 3.05) is 17.9 Å². The number of rotatable bonds is 5. The lowest BCUT2D eigenvalue weighted by molar-refractivity contribution is -0.113. The Hall–Kier alpha value is -3.07. The van der Waals surface area contributed by atoms with Gasteiger partial charge >= 0.3 is 0 Å². The van der Waals surface area contributed by atoms with Gasteiger partial charge in [-0.3, -0.25) is 4.79 Å². The summed E-state index contributed by atoms with van der Waals surface area (Å²) in [4.78, 5) is 11.9. The molecule has 26 heavy (non-hydrogen) atoms. The Bertz CT molecular complexity index is 963. The highest BCUT2D eigenvalue weighted by atomic mass is 32.2. The Labute approximate surface area is 151 Å². The number of nitrogens with zero attached hydrogens (tertiary/aromatic N) is 2. The van der Waals surface area contributed by atoms with Crippen molar-refractivity contribution in [3.05, 3.63) is 48.3 Å². The first-order chi connectivity index (χ1) is 12.7. The second-order valence-electron chi connectivity index (χ2n) is 5.26. The van der Waals surface area contributed by atoms with Gasteiger partial charge in [0.1, 0.15) is 5.82 Å². The number of para-hydroxylation sites is 1. The first kappa shape index (κ1) is 16.4. The van der Waals surface area contributed by atoms with Gasteiger partial charge < -0.3 is 19.2 Å². The molecule has 1 N–H and O–H groups in total. The van der Waals surface area contributed by atoms with E-state index >= 15 is 0 Å². The van der Waals surface area contributed by atoms with Crippen molar-refractivity contribution in [2.45, 2.75) is 5.22 Å². The zero-order chi connectivity index (χ0) is 17.9. The molecule has 1 aromatic heterocycles. The van der Waals surface area contributed by atoms with E-state index in [4.69, 9.17) is 13.9 Å². The number of hydrogen-bond acceptors (Lipinski definition) is 7. The third kappa shape index (κ3) is 3.47. The van der Waals surface area contributed by atoms with Crippen LogP contribution in [0.4, 0.5) is 10.1 Å². The molecule has 0 saturated carbocycles. The quantitative estimate of drug-likeness (QED) is 0.687. The van der Waals surface area contributed by atoms with Crippen LogP contribution in [0, 0.1) is 5.82 Å². The lowest BCUT2D eigenvalue weighted by Crippen LogP contribution is -2.14. The van der Waals surface area contributed by atoms with Crippen LogP contribution in [0.1, 0.15) is 0 Å². The third-order valence-electron chi connectivity index (χ3n) is 3.50. The maximum Gasteiger partial charge on any atom is 0.277 e. The average Bonchev–Trinajstić information content (AvgIpc) is 3.30. The number of benzene rings is 2.